The Morgan fingerprint density at radius 2 is 1.73 bits per heavy atom. The molecule has 5 atom stereocenters. The van der Waals surface area contributed by atoms with E-state index in [1.54, 1.807) is 45.9 Å². The smallest absolute Gasteiger partial charge is 0.351 e. The van der Waals surface area contributed by atoms with Gasteiger partial charge in [0.2, 0.25) is 5.91 Å². The minimum absolute atomic E-state index is 0.00650. The fourth-order valence-electron chi connectivity index (χ4n) is 7.38. The van der Waals surface area contributed by atoms with Crippen LogP contribution in [0.4, 0.5) is 10.2 Å². The predicted molar refractivity (Wildman–Crippen MR) is 262 cm³/mol. The van der Waals surface area contributed by atoms with Crippen molar-refractivity contribution in [3.05, 3.63) is 88.5 Å². The minimum Gasteiger partial charge on any atom is -0.484 e. The van der Waals surface area contributed by atoms with Crippen LogP contribution in [0.1, 0.15) is 126 Å². The maximum absolute atomic E-state index is 16.4. The number of halogens is 1. The molecule has 2 aromatic carbocycles. The maximum Gasteiger partial charge on any atom is 0.351 e. The molecule has 1 aromatic heterocycles. The molecule has 0 aliphatic carbocycles. The Labute approximate surface area is 401 Å². The van der Waals surface area contributed by atoms with Gasteiger partial charge in [-0.1, -0.05) is 77.9 Å². The molecule has 2 amide bonds. The Morgan fingerprint density at radius 1 is 1.03 bits per heavy atom. The molecule has 5 rings (SSSR count). The Bertz CT molecular complexity index is 2020. The molecular formula is C48H71FN5O9PS2. The van der Waals surface area contributed by atoms with Gasteiger partial charge in [-0.2, -0.15) is 4.98 Å². The number of nitrogens with one attached hydrogen (secondary N) is 2. The molecule has 3 aromatic rings. The van der Waals surface area contributed by atoms with Gasteiger partial charge in [-0.15, -0.1) is 0 Å². The average molecular weight is 977 g/mol. The zero-order chi connectivity index (χ0) is 48.6. The van der Waals surface area contributed by atoms with Crippen LogP contribution in [0.15, 0.2) is 71.7 Å². The van der Waals surface area contributed by atoms with Crippen LogP contribution in [0.5, 0.6) is 5.75 Å². The van der Waals surface area contributed by atoms with Crippen LogP contribution in [-0.2, 0) is 39.4 Å². The van der Waals surface area contributed by atoms with Crippen molar-refractivity contribution in [2.24, 2.45) is 5.41 Å². The molecule has 2 aliphatic heterocycles. The summed E-state index contributed by atoms with van der Waals surface area (Å²) in [6.45, 7) is 18.4. The molecule has 2 saturated heterocycles. The Hall–Kier alpha value is -3.12. The lowest BCUT2D eigenvalue weighted by Gasteiger charge is -2.39. The summed E-state index contributed by atoms with van der Waals surface area (Å²) < 4.78 is 63.9. The molecule has 14 nitrogen and oxygen atoms in total. The van der Waals surface area contributed by atoms with Crippen LogP contribution in [0.3, 0.4) is 0 Å². The number of para-hydroxylation sites is 1. The van der Waals surface area contributed by atoms with Gasteiger partial charge in [-0.05, 0) is 104 Å². The van der Waals surface area contributed by atoms with E-state index in [-0.39, 0.29) is 53.8 Å². The number of hydrogen-bond donors (Lipinski definition) is 2. The molecule has 0 spiro atoms. The van der Waals surface area contributed by atoms with Crippen molar-refractivity contribution in [2.45, 2.75) is 155 Å². The molecule has 3 heterocycles. The zero-order valence-corrected chi connectivity index (χ0v) is 42.3. The van der Waals surface area contributed by atoms with Crippen LogP contribution in [0.25, 0.3) is 0 Å². The highest BCUT2D eigenvalue weighted by Crippen LogP contribution is 2.50. The molecular weight excluding hydrogens is 905 g/mol. The standard InChI is InChI=1S/C48H71FN5O9PS2/c1-10-48(11-2)31-59-45(60-32-48)37-21-19-36(20-22-37)29-50-40(55)23-25-47(8,9)66-65-28-16-15-27-61-64(54(33(3)4)34(5)6)63-43-35(7)62-44(42(43)49)53-26-24-39(52-46(53)57)51-41(56)30-58-38-17-13-12-14-18-38/h12-14,17-22,24,26,33-35,42-45H,10-11,15-16,23,25,27-32H2,1-9H3,(H,50,55)(H,51,52,56,57)/t35-,42+,43?,44-,64?/m1/s1/i7D. The highest BCUT2D eigenvalue weighted by Gasteiger charge is 2.48. The maximum atomic E-state index is 16.4. The van der Waals surface area contributed by atoms with Crippen LogP contribution in [0.2, 0.25) is 0 Å². The Morgan fingerprint density at radius 3 is 2.36 bits per heavy atom. The van der Waals surface area contributed by atoms with Crippen molar-refractivity contribution >= 4 is 47.7 Å². The summed E-state index contributed by atoms with van der Waals surface area (Å²) in [5, 5.41) is 5.58. The lowest BCUT2D eigenvalue weighted by Crippen LogP contribution is -2.38. The number of anilines is 1. The number of amides is 2. The molecule has 366 valence electrons. The van der Waals surface area contributed by atoms with E-state index < -0.39 is 44.7 Å². The first-order valence-corrected chi connectivity index (χ1v) is 26.5. The lowest BCUT2D eigenvalue weighted by atomic mass is 9.83. The van der Waals surface area contributed by atoms with Gasteiger partial charge in [0.15, 0.2) is 25.3 Å². The first-order valence-electron chi connectivity index (χ1n) is 23.7. The van der Waals surface area contributed by atoms with Gasteiger partial charge in [-0.3, -0.25) is 14.2 Å². The minimum atomic E-state index is -1.81. The molecule has 0 saturated carbocycles. The molecule has 0 radical (unpaired) electrons. The Kier molecular flexibility index (Phi) is 20.6. The van der Waals surface area contributed by atoms with E-state index in [1.807, 2.05) is 58.0 Å². The molecule has 2 N–H and O–H groups in total. The number of alkyl halides is 1. The summed E-state index contributed by atoms with van der Waals surface area (Å²) in [6, 6.07) is 18.3. The van der Waals surface area contributed by atoms with E-state index >= 15 is 4.39 Å². The second kappa shape index (κ2) is 26.0. The van der Waals surface area contributed by atoms with Crippen LogP contribution < -0.4 is 21.1 Å². The summed E-state index contributed by atoms with van der Waals surface area (Å²) >= 11 is 0. The van der Waals surface area contributed by atoms with Gasteiger partial charge in [0.1, 0.15) is 17.7 Å². The van der Waals surface area contributed by atoms with Gasteiger partial charge in [0.25, 0.3) is 14.4 Å². The van der Waals surface area contributed by atoms with Crippen molar-refractivity contribution in [3.63, 3.8) is 0 Å². The van der Waals surface area contributed by atoms with Crippen molar-refractivity contribution in [1.29, 1.82) is 0 Å². The number of hydrogen-bond acceptors (Lipinski definition) is 13. The largest absolute Gasteiger partial charge is 0.484 e. The fourth-order valence-corrected chi connectivity index (χ4v) is 11.9. The molecule has 2 unspecified atom stereocenters. The van der Waals surface area contributed by atoms with Crippen LogP contribution in [-0.4, -0.2) is 93.4 Å². The van der Waals surface area contributed by atoms with Crippen molar-refractivity contribution in [1.82, 2.24) is 19.5 Å². The number of unbranched alkanes of at least 4 members (excludes halogenated alkanes) is 1. The van der Waals surface area contributed by atoms with E-state index in [4.69, 9.17) is 29.4 Å². The topological polar surface area (TPSA) is 152 Å². The van der Waals surface area contributed by atoms with Crippen LogP contribution in [0, 0.1) is 5.41 Å². The predicted octanol–water partition coefficient (Wildman–Crippen LogP) is 10.2. The quantitative estimate of drug-likeness (QED) is 0.0446. The van der Waals surface area contributed by atoms with E-state index in [0.717, 1.165) is 53.6 Å². The van der Waals surface area contributed by atoms with E-state index in [1.165, 1.54) is 12.3 Å². The number of benzene rings is 2. The molecule has 2 aliphatic rings. The number of carbonyl (C=O) groups is 2. The number of ether oxygens (including phenoxy) is 4. The molecule has 18 heteroatoms. The van der Waals surface area contributed by atoms with E-state index in [0.29, 0.717) is 38.5 Å². The third-order valence-electron chi connectivity index (χ3n) is 11.6. The van der Waals surface area contributed by atoms with Gasteiger partial charge in [-0.25, -0.2) is 13.9 Å². The van der Waals surface area contributed by atoms with E-state index in [9.17, 15) is 14.4 Å². The summed E-state index contributed by atoms with van der Waals surface area (Å²) in [5.74, 6) is 0.871. The third-order valence-corrected chi connectivity index (χ3v) is 17.2. The van der Waals surface area contributed by atoms with Crippen molar-refractivity contribution < 1.29 is 43.3 Å². The summed E-state index contributed by atoms with van der Waals surface area (Å²) in [4.78, 5) is 42.3. The normalized spacial score (nSPS) is 20.7. The van der Waals surface area contributed by atoms with Gasteiger partial charge in [0, 0.05) is 54.1 Å². The van der Waals surface area contributed by atoms with Crippen molar-refractivity contribution in [3.8, 4) is 5.75 Å². The SMILES string of the molecule is [2H]C[C@H]1O[C@@H](n2ccc(NC(=O)COc3ccccc3)nc2=O)[C@@H](F)C1OP(OCCCCSSC(C)(C)CCC(=O)NCc1ccc(C2OCC(CC)(CC)CO2)cc1)N(C(C)C)C(C)C. The molecule has 66 heavy (non-hydrogen) atoms. The monoisotopic (exact) mass is 976 g/mol. The highest BCUT2D eigenvalue weighted by molar-refractivity contribution is 8.77. The zero-order valence-electron chi connectivity index (χ0n) is 40.7. The summed E-state index contributed by atoms with van der Waals surface area (Å²) in [6.07, 6.45) is 0.416. The molecule has 0 bridgehead atoms. The lowest BCUT2D eigenvalue weighted by molar-refractivity contribution is -0.235. The summed E-state index contributed by atoms with van der Waals surface area (Å²) in [5.41, 5.74) is 1.27. The Balaban J connectivity index is 1.03. The number of carbonyl (C=O) groups excluding carboxylic acids is 2. The van der Waals surface area contributed by atoms with Gasteiger partial charge < -0.3 is 38.6 Å². The van der Waals surface area contributed by atoms with Gasteiger partial charge in [0.05, 0.1) is 25.9 Å². The van der Waals surface area contributed by atoms with Crippen molar-refractivity contribution in [2.75, 3.05) is 37.5 Å². The second-order valence-electron chi connectivity index (χ2n) is 17.9. The number of rotatable bonds is 26. The number of nitrogens with zero attached hydrogens (tertiary/aromatic N) is 3. The fraction of sp³-hybridized carbons (Fsp3) is 0.625. The highest BCUT2D eigenvalue weighted by atomic mass is 33.1. The first kappa shape index (κ1) is 52.3. The van der Waals surface area contributed by atoms with Gasteiger partial charge >= 0.3 is 5.69 Å². The second-order valence-corrected chi connectivity index (χ2v) is 22.5. The summed E-state index contributed by atoms with van der Waals surface area (Å²) in [7, 11) is 1.77. The number of aromatic nitrogens is 2. The molecule has 2 fully saturated rings. The van der Waals surface area contributed by atoms with Crippen LogP contribution >= 0.6 is 30.1 Å². The average Bonchev–Trinajstić information content (AvgIpc) is 3.62. The van der Waals surface area contributed by atoms with E-state index in [2.05, 4.69) is 48.0 Å². The first-order chi connectivity index (χ1) is 32.1. The third kappa shape index (κ3) is 16.0.